The Kier molecular flexibility index (Phi) is 2.59. The second kappa shape index (κ2) is 4.06. The van der Waals surface area contributed by atoms with Crippen molar-refractivity contribution in [2.24, 2.45) is 0 Å². The van der Waals surface area contributed by atoms with Gasteiger partial charge in [-0.05, 0) is 12.1 Å². The monoisotopic (exact) mass is 220 g/mol. The van der Waals surface area contributed by atoms with Crippen molar-refractivity contribution in [2.75, 3.05) is 5.32 Å². The molecular formula is C11H9FN2O2. The molecule has 0 aliphatic rings. The second-order valence-electron chi connectivity index (χ2n) is 3.20. The van der Waals surface area contributed by atoms with Crippen LogP contribution in [0.25, 0.3) is 0 Å². The summed E-state index contributed by atoms with van der Waals surface area (Å²) in [7, 11) is 0. The number of phenols is 1. The first-order valence-electron chi connectivity index (χ1n) is 4.60. The molecule has 1 heterocycles. The number of aromatic amines is 1. The molecule has 16 heavy (non-hydrogen) atoms. The highest BCUT2D eigenvalue weighted by molar-refractivity contribution is 6.03. The molecule has 2 rings (SSSR count). The van der Waals surface area contributed by atoms with Gasteiger partial charge in [-0.15, -0.1) is 0 Å². The molecule has 0 saturated heterocycles. The maximum atomic E-state index is 12.6. The van der Waals surface area contributed by atoms with Crippen LogP contribution in [0, 0.1) is 5.82 Å². The van der Waals surface area contributed by atoms with Crippen molar-refractivity contribution in [2.45, 2.75) is 0 Å². The van der Waals surface area contributed by atoms with Gasteiger partial charge in [0.05, 0.1) is 5.69 Å². The van der Waals surface area contributed by atoms with Crippen LogP contribution in [0.1, 0.15) is 10.5 Å². The number of amides is 1. The number of rotatable bonds is 2. The number of carbonyl (C=O) groups is 1. The Morgan fingerprint density at radius 2 is 2.12 bits per heavy atom. The Hall–Kier alpha value is -2.30. The largest absolute Gasteiger partial charge is 0.506 e. The van der Waals surface area contributed by atoms with Gasteiger partial charge in [0.2, 0.25) is 0 Å². The fraction of sp³-hybridized carbons (Fsp3) is 0. The zero-order valence-electron chi connectivity index (χ0n) is 8.20. The number of benzene rings is 1. The average molecular weight is 220 g/mol. The SMILES string of the molecule is O=C(Nc1ccccc1O)c1cc(F)c[nH]1. The molecule has 0 bridgehead atoms. The van der Waals surface area contributed by atoms with Gasteiger partial charge in [-0.3, -0.25) is 4.79 Å². The summed E-state index contributed by atoms with van der Waals surface area (Å²) >= 11 is 0. The maximum absolute atomic E-state index is 12.6. The second-order valence-corrected chi connectivity index (χ2v) is 3.20. The van der Waals surface area contributed by atoms with Gasteiger partial charge in [0.15, 0.2) is 0 Å². The summed E-state index contributed by atoms with van der Waals surface area (Å²) in [5.74, 6) is -1.06. The highest BCUT2D eigenvalue weighted by Crippen LogP contribution is 2.21. The molecule has 2 aromatic rings. The molecule has 0 saturated carbocycles. The van der Waals surface area contributed by atoms with Crippen LogP contribution in [-0.2, 0) is 0 Å². The minimum Gasteiger partial charge on any atom is -0.506 e. The molecule has 5 heteroatoms. The summed E-state index contributed by atoms with van der Waals surface area (Å²) in [4.78, 5) is 14.0. The number of hydrogen-bond acceptors (Lipinski definition) is 2. The lowest BCUT2D eigenvalue weighted by Gasteiger charge is -2.05. The molecule has 0 atom stereocenters. The molecule has 4 nitrogen and oxygen atoms in total. The number of anilines is 1. The number of phenolic OH excluding ortho intramolecular Hbond substituents is 1. The number of para-hydroxylation sites is 2. The first-order chi connectivity index (χ1) is 7.66. The predicted octanol–water partition coefficient (Wildman–Crippen LogP) is 2.11. The summed E-state index contributed by atoms with van der Waals surface area (Å²) in [6.45, 7) is 0. The van der Waals surface area contributed by atoms with E-state index in [1.165, 1.54) is 6.07 Å². The number of nitrogens with one attached hydrogen (secondary N) is 2. The Bertz CT molecular complexity index is 522. The first-order valence-corrected chi connectivity index (χ1v) is 4.60. The maximum Gasteiger partial charge on any atom is 0.272 e. The molecule has 0 radical (unpaired) electrons. The van der Waals surface area contributed by atoms with Crippen LogP contribution in [0.4, 0.5) is 10.1 Å². The van der Waals surface area contributed by atoms with E-state index >= 15 is 0 Å². The highest BCUT2D eigenvalue weighted by atomic mass is 19.1. The van der Waals surface area contributed by atoms with Gasteiger partial charge in [-0.2, -0.15) is 0 Å². The van der Waals surface area contributed by atoms with Gasteiger partial charge in [-0.1, -0.05) is 12.1 Å². The van der Waals surface area contributed by atoms with E-state index in [-0.39, 0.29) is 17.1 Å². The lowest BCUT2D eigenvalue weighted by Crippen LogP contribution is -2.12. The predicted molar refractivity (Wildman–Crippen MR) is 56.8 cm³/mol. The van der Waals surface area contributed by atoms with E-state index < -0.39 is 11.7 Å². The van der Waals surface area contributed by atoms with Crippen molar-refractivity contribution in [3.05, 3.63) is 48.0 Å². The quantitative estimate of drug-likeness (QED) is 0.678. The Morgan fingerprint density at radius 1 is 1.38 bits per heavy atom. The van der Waals surface area contributed by atoms with Crippen molar-refractivity contribution >= 4 is 11.6 Å². The van der Waals surface area contributed by atoms with Gasteiger partial charge >= 0.3 is 0 Å². The summed E-state index contributed by atoms with van der Waals surface area (Å²) in [6, 6.07) is 7.39. The van der Waals surface area contributed by atoms with Crippen molar-refractivity contribution in [1.29, 1.82) is 0 Å². The zero-order valence-corrected chi connectivity index (χ0v) is 8.20. The van der Waals surface area contributed by atoms with E-state index in [2.05, 4.69) is 10.3 Å². The lowest BCUT2D eigenvalue weighted by molar-refractivity contribution is 0.102. The Morgan fingerprint density at radius 3 is 2.75 bits per heavy atom. The zero-order chi connectivity index (χ0) is 11.5. The van der Waals surface area contributed by atoms with Crippen LogP contribution in [0.2, 0.25) is 0 Å². The van der Waals surface area contributed by atoms with Gasteiger partial charge in [0, 0.05) is 12.3 Å². The number of carbonyl (C=O) groups excluding carboxylic acids is 1. The van der Waals surface area contributed by atoms with Crippen LogP contribution in [0.3, 0.4) is 0 Å². The van der Waals surface area contributed by atoms with E-state index in [4.69, 9.17) is 0 Å². The highest BCUT2D eigenvalue weighted by Gasteiger charge is 2.10. The van der Waals surface area contributed by atoms with E-state index in [9.17, 15) is 14.3 Å². The molecule has 82 valence electrons. The molecule has 0 spiro atoms. The Balaban J connectivity index is 2.17. The number of H-pyrrole nitrogens is 1. The molecule has 0 fully saturated rings. The van der Waals surface area contributed by atoms with Crippen molar-refractivity contribution in [3.63, 3.8) is 0 Å². The summed E-state index contributed by atoms with van der Waals surface area (Å²) in [5.41, 5.74) is 0.378. The van der Waals surface area contributed by atoms with E-state index in [1.807, 2.05) is 0 Å². The molecule has 0 aliphatic heterocycles. The van der Waals surface area contributed by atoms with Crippen LogP contribution in [-0.4, -0.2) is 16.0 Å². The van der Waals surface area contributed by atoms with Crippen molar-refractivity contribution in [3.8, 4) is 5.75 Å². The van der Waals surface area contributed by atoms with E-state index in [1.54, 1.807) is 18.2 Å². The fourth-order valence-electron chi connectivity index (χ4n) is 1.27. The Labute approximate surface area is 90.7 Å². The molecular weight excluding hydrogens is 211 g/mol. The smallest absolute Gasteiger partial charge is 0.272 e. The third kappa shape index (κ3) is 2.03. The number of aromatic hydroxyl groups is 1. The van der Waals surface area contributed by atoms with Crippen LogP contribution < -0.4 is 5.32 Å². The van der Waals surface area contributed by atoms with Gasteiger partial charge in [0.25, 0.3) is 5.91 Å². The lowest BCUT2D eigenvalue weighted by atomic mass is 10.3. The van der Waals surface area contributed by atoms with Crippen LogP contribution in [0.5, 0.6) is 5.75 Å². The summed E-state index contributed by atoms with van der Waals surface area (Å²) in [6.07, 6.45) is 1.08. The first kappa shape index (κ1) is 10.2. The fourth-order valence-corrected chi connectivity index (χ4v) is 1.27. The number of halogens is 1. The van der Waals surface area contributed by atoms with Gasteiger partial charge in [-0.25, -0.2) is 4.39 Å². The summed E-state index contributed by atoms with van der Waals surface area (Å²) in [5, 5.41) is 11.9. The molecule has 3 N–H and O–H groups in total. The number of aromatic nitrogens is 1. The van der Waals surface area contributed by atoms with E-state index in [0.717, 1.165) is 12.3 Å². The minimum atomic E-state index is -0.512. The average Bonchev–Trinajstić information content (AvgIpc) is 2.68. The molecule has 0 unspecified atom stereocenters. The van der Waals surface area contributed by atoms with Crippen molar-refractivity contribution < 1.29 is 14.3 Å². The van der Waals surface area contributed by atoms with Crippen molar-refractivity contribution in [1.82, 2.24) is 4.98 Å². The molecule has 1 aromatic carbocycles. The molecule has 1 aromatic heterocycles. The van der Waals surface area contributed by atoms with E-state index in [0.29, 0.717) is 0 Å². The molecule has 0 aliphatic carbocycles. The third-order valence-electron chi connectivity index (χ3n) is 2.04. The third-order valence-corrected chi connectivity index (χ3v) is 2.04. The van der Waals surface area contributed by atoms with Crippen LogP contribution >= 0.6 is 0 Å². The summed E-state index contributed by atoms with van der Waals surface area (Å²) < 4.78 is 12.6. The van der Waals surface area contributed by atoms with Crippen LogP contribution in [0.15, 0.2) is 36.5 Å². The number of hydrogen-bond donors (Lipinski definition) is 3. The minimum absolute atomic E-state index is 0.0390. The molecule has 1 amide bonds. The standard InChI is InChI=1S/C11H9FN2O2/c12-7-5-9(13-6-7)11(16)14-8-3-1-2-4-10(8)15/h1-6,13,15H,(H,14,16). The normalized spacial score (nSPS) is 10.1. The van der Waals surface area contributed by atoms with Gasteiger partial charge in [0.1, 0.15) is 17.3 Å². The topological polar surface area (TPSA) is 65.1 Å². The van der Waals surface area contributed by atoms with Gasteiger partial charge < -0.3 is 15.4 Å².